The lowest BCUT2D eigenvalue weighted by Crippen LogP contribution is -2.39. The first-order valence-electron chi connectivity index (χ1n) is 7.93. The van der Waals surface area contributed by atoms with E-state index in [1.54, 1.807) is 0 Å². The second-order valence-electron chi connectivity index (χ2n) is 7.06. The Morgan fingerprint density at radius 3 is 2.35 bits per heavy atom. The van der Waals surface area contributed by atoms with Crippen molar-refractivity contribution in [1.82, 2.24) is 5.32 Å². The van der Waals surface area contributed by atoms with E-state index in [4.69, 9.17) is 0 Å². The number of halogens is 1. The van der Waals surface area contributed by atoms with Gasteiger partial charge >= 0.3 is 0 Å². The normalized spacial score (nSPS) is 12.8. The smallest absolute Gasteiger partial charge is 0.234 e. The van der Waals surface area contributed by atoms with E-state index in [2.05, 4.69) is 40.4 Å². The number of alkyl halides is 1. The predicted molar refractivity (Wildman–Crippen MR) is 99.0 cm³/mol. The van der Waals surface area contributed by atoms with Gasteiger partial charge in [0.15, 0.2) is 0 Å². The summed E-state index contributed by atoms with van der Waals surface area (Å²) < 4.78 is 0. The van der Waals surface area contributed by atoms with Gasteiger partial charge in [-0.25, -0.2) is 0 Å². The highest BCUT2D eigenvalue weighted by Crippen LogP contribution is 2.26. The summed E-state index contributed by atoms with van der Waals surface area (Å²) in [5.41, 5.74) is 1.78. The number of nitrogens with one attached hydrogen (secondary N) is 2. The molecule has 0 unspecified atom stereocenters. The predicted octanol–water partition coefficient (Wildman–Crippen LogP) is 4.06. The number of amides is 2. The average Bonchev–Trinajstić information content (AvgIpc) is 2.45. The highest BCUT2D eigenvalue weighted by Gasteiger charge is 2.28. The Labute approximate surface area is 147 Å². The molecule has 5 heteroatoms. The van der Waals surface area contributed by atoms with E-state index in [-0.39, 0.29) is 28.5 Å². The summed E-state index contributed by atoms with van der Waals surface area (Å²) >= 11 is 3.40. The quantitative estimate of drug-likeness (QED) is 0.728. The first-order chi connectivity index (χ1) is 10.6. The van der Waals surface area contributed by atoms with Gasteiger partial charge < -0.3 is 10.6 Å². The maximum absolute atomic E-state index is 12.1. The van der Waals surface area contributed by atoms with Crippen LogP contribution in [0.3, 0.4) is 0 Å². The van der Waals surface area contributed by atoms with Crippen LogP contribution in [-0.2, 0) is 9.59 Å². The van der Waals surface area contributed by atoms with Gasteiger partial charge in [0.25, 0.3) is 0 Å². The van der Waals surface area contributed by atoms with Crippen molar-refractivity contribution >= 4 is 33.4 Å². The number of carbonyl (C=O) groups excluding carboxylic acids is 2. The molecule has 0 aromatic heterocycles. The van der Waals surface area contributed by atoms with E-state index >= 15 is 0 Å². The van der Waals surface area contributed by atoms with Crippen molar-refractivity contribution in [3.63, 3.8) is 0 Å². The standard InChI is InChI=1S/C18H27BrN2O2/c1-12(2)13-8-6-7-9-14(13)21-15(22)10-11-20-17(23)16(19)18(3,4)5/h6-9,12,16H,10-11H2,1-5H3,(H,20,23)(H,21,22)/t16-/m1/s1. The van der Waals surface area contributed by atoms with Crippen LogP contribution in [0.2, 0.25) is 0 Å². The van der Waals surface area contributed by atoms with Crippen LogP contribution in [0, 0.1) is 5.41 Å². The molecule has 23 heavy (non-hydrogen) atoms. The van der Waals surface area contributed by atoms with Crippen LogP contribution in [0.1, 0.15) is 52.5 Å². The fourth-order valence-corrected chi connectivity index (χ4v) is 2.27. The molecule has 2 N–H and O–H groups in total. The average molecular weight is 383 g/mol. The molecule has 1 rings (SSSR count). The van der Waals surface area contributed by atoms with Crippen molar-refractivity contribution in [3.8, 4) is 0 Å². The fourth-order valence-electron chi connectivity index (χ4n) is 2.11. The lowest BCUT2D eigenvalue weighted by Gasteiger charge is -2.24. The van der Waals surface area contributed by atoms with Crippen LogP contribution in [0.15, 0.2) is 24.3 Å². The Hall–Kier alpha value is -1.36. The third-order valence-electron chi connectivity index (χ3n) is 3.50. The Balaban J connectivity index is 2.49. The van der Waals surface area contributed by atoms with E-state index in [0.717, 1.165) is 11.3 Å². The molecule has 1 aromatic carbocycles. The zero-order chi connectivity index (χ0) is 17.6. The lowest BCUT2D eigenvalue weighted by molar-refractivity contribution is -0.122. The second kappa shape index (κ2) is 8.48. The van der Waals surface area contributed by atoms with E-state index in [0.29, 0.717) is 12.5 Å². The Morgan fingerprint density at radius 1 is 1.17 bits per heavy atom. The minimum absolute atomic E-state index is 0.0899. The number of para-hydroxylation sites is 1. The highest BCUT2D eigenvalue weighted by atomic mass is 79.9. The maximum atomic E-state index is 12.1. The van der Waals surface area contributed by atoms with Gasteiger partial charge in [0.05, 0.1) is 4.83 Å². The largest absolute Gasteiger partial charge is 0.355 e. The van der Waals surface area contributed by atoms with Gasteiger partial charge in [-0.2, -0.15) is 0 Å². The van der Waals surface area contributed by atoms with Crippen LogP contribution in [0.5, 0.6) is 0 Å². The van der Waals surface area contributed by atoms with Crippen LogP contribution in [0.4, 0.5) is 5.69 Å². The summed E-state index contributed by atoms with van der Waals surface area (Å²) in [7, 11) is 0. The molecule has 1 aromatic rings. The lowest BCUT2D eigenvalue weighted by atomic mass is 9.92. The molecule has 0 spiro atoms. The van der Waals surface area contributed by atoms with Crippen molar-refractivity contribution in [3.05, 3.63) is 29.8 Å². The molecule has 0 aliphatic carbocycles. The van der Waals surface area contributed by atoms with Crippen molar-refractivity contribution < 1.29 is 9.59 Å². The number of carbonyl (C=O) groups is 2. The Kier molecular flexibility index (Phi) is 7.26. The van der Waals surface area contributed by atoms with Crippen LogP contribution in [0.25, 0.3) is 0 Å². The van der Waals surface area contributed by atoms with Gasteiger partial charge in [-0.3, -0.25) is 9.59 Å². The molecule has 128 valence electrons. The van der Waals surface area contributed by atoms with E-state index in [1.807, 2.05) is 45.0 Å². The molecule has 4 nitrogen and oxygen atoms in total. The minimum atomic E-state index is -0.278. The molecule has 0 aliphatic heterocycles. The second-order valence-corrected chi connectivity index (χ2v) is 7.98. The van der Waals surface area contributed by atoms with Crippen molar-refractivity contribution in [2.75, 3.05) is 11.9 Å². The zero-order valence-electron chi connectivity index (χ0n) is 14.6. The molecular weight excluding hydrogens is 356 g/mol. The minimum Gasteiger partial charge on any atom is -0.355 e. The van der Waals surface area contributed by atoms with Crippen LogP contribution >= 0.6 is 15.9 Å². The summed E-state index contributed by atoms with van der Waals surface area (Å²) in [6.07, 6.45) is 0.252. The van der Waals surface area contributed by atoms with E-state index in [1.165, 1.54) is 0 Å². The summed E-state index contributed by atoms with van der Waals surface area (Å²) in [5.74, 6) is 0.153. The third-order valence-corrected chi connectivity index (χ3v) is 5.29. The summed E-state index contributed by atoms with van der Waals surface area (Å²) in [4.78, 5) is 23.8. The van der Waals surface area contributed by atoms with Gasteiger partial charge in [-0.05, 0) is 23.0 Å². The topological polar surface area (TPSA) is 58.2 Å². The highest BCUT2D eigenvalue weighted by molar-refractivity contribution is 9.10. The number of hydrogen-bond donors (Lipinski definition) is 2. The van der Waals surface area contributed by atoms with Crippen LogP contribution in [-0.4, -0.2) is 23.2 Å². The first kappa shape index (κ1) is 19.7. The number of benzene rings is 1. The van der Waals surface area contributed by atoms with Crippen LogP contribution < -0.4 is 10.6 Å². The molecule has 0 saturated carbocycles. The molecule has 0 aliphatic rings. The van der Waals surface area contributed by atoms with Gasteiger partial charge in [-0.1, -0.05) is 68.7 Å². The number of rotatable bonds is 6. The summed E-state index contributed by atoms with van der Waals surface area (Å²) in [5, 5.41) is 5.72. The van der Waals surface area contributed by atoms with Crippen molar-refractivity contribution in [2.24, 2.45) is 5.41 Å². The third kappa shape index (κ3) is 6.34. The molecule has 0 saturated heterocycles. The molecular formula is C18H27BrN2O2. The Morgan fingerprint density at radius 2 is 1.78 bits per heavy atom. The van der Waals surface area contributed by atoms with Gasteiger partial charge in [0, 0.05) is 18.7 Å². The maximum Gasteiger partial charge on any atom is 0.234 e. The molecule has 0 radical (unpaired) electrons. The van der Waals surface area contributed by atoms with Gasteiger partial charge in [0.1, 0.15) is 0 Å². The monoisotopic (exact) mass is 382 g/mol. The SMILES string of the molecule is CC(C)c1ccccc1NC(=O)CCNC(=O)[C@@H](Br)C(C)(C)C. The van der Waals surface area contributed by atoms with E-state index in [9.17, 15) is 9.59 Å². The molecule has 0 heterocycles. The molecule has 0 bridgehead atoms. The van der Waals surface area contributed by atoms with Gasteiger partial charge in [-0.15, -0.1) is 0 Å². The summed E-state index contributed by atoms with van der Waals surface area (Å²) in [6, 6.07) is 7.79. The number of anilines is 1. The first-order valence-corrected chi connectivity index (χ1v) is 8.85. The fraction of sp³-hybridized carbons (Fsp3) is 0.556. The van der Waals surface area contributed by atoms with Crippen molar-refractivity contribution in [1.29, 1.82) is 0 Å². The van der Waals surface area contributed by atoms with E-state index < -0.39 is 0 Å². The molecule has 1 atom stereocenters. The Bertz CT molecular complexity index is 550. The molecule has 2 amide bonds. The number of hydrogen-bond acceptors (Lipinski definition) is 2. The van der Waals surface area contributed by atoms with Gasteiger partial charge in [0.2, 0.25) is 11.8 Å². The van der Waals surface area contributed by atoms with Crippen molar-refractivity contribution in [2.45, 2.75) is 51.8 Å². The zero-order valence-corrected chi connectivity index (χ0v) is 16.2. The summed E-state index contributed by atoms with van der Waals surface area (Å²) in [6.45, 7) is 10.5. The molecule has 0 fully saturated rings.